The quantitative estimate of drug-likeness (QED) is 0.831. The zero-order valence-corrected chi connectivity index (χ0v) is 10.2. The van der Waals surface area contributed by atoms with Crippen LogP contribution in [0.15, 0.2) is 0 Å². The zero-order chi connectivity index (χ0) is 11.5. The highest BCUT2D eigenvalue weighted by Gasteiger charge is 2.26. The highest BCUT2D eigenvalue weighted by Crippen LogP contribution is 2.28. The molecule has 1 atom stereocenters. The fourth-order valence-corrected chi connectivity index (χ4v) is 2.18. The Morgan fingerprint density at radius 2 is 2.38 bits per heavy atom. The van der Waals surface area contributed by atoms with Crippen LogP contribution in [-0.2, 0) is 11.3 Å². The summed E-state index contributed by atoms with van der Waals surface area (Å²) < 4.78 is 7.49. The fraction of sp³-hybridized carbons (Fsp3) is 0.818. The summed E-state index contributed by atoms with van der Waals surface area (Å²) in [4.78, 5) is 0. The predicted molar refractivity (Wildman–Crippen MR) is 61.3 cm³/mol. The lowest BCUT2D eigenvalue weighted by Gasteiger charge is -2.15. The molecule has 16 heavy (non-hydrogen) atoms. The topological polar surface area (TPSA) is 52.0 Å². The van der Waals surface area contributed by atoms with E-state index in [2.05, 4.69) is 29.5 Å². The van der Waals surface area contributed by atoms with E-state index in [1.807, 2.05) is 11.7 Å². The standard InChI is InChI=1S/C11H20N4O/c1-8(2)15-11(9-4-5-16-7-9)10(6-12-3)13-14-15/h8-9,12H,4-7H2,1-3H3. The lowest BCUT2D eigenvalue weighted by Crippen LogP contribution is -2.15. The number of hydrogen-bond acceptors (Lipinski definition) is 4. The lowest BCUT2D eigenvalue weighted by molar-refractivity contribution is 0.192. The Balaban J connectivity index is 2.32. The van der Waals surface area contributed by atoms with Gasteiger partial charge in [0, 0.05) is 25.1 Å². The molecule has 0 bridgehead atoms. The summed E-state index contributed by atoms with van der Waals surface area (Å²) in [6, 6.07) is 0.355. The van der Waals surface area contributed by atoms with Crippen LogP contribution in [0, 0.1) is 0 Å². The van der Waals surface area contributed by atoms with Gasteiger partial charge in [0.2, 0.25) is 0 Å². The summed E-state index contributed by atoms with van der Waals surface area (Å²) in [5.74, 6) is 0.459. The van der Waals surface area contributed by atoms with Crippen molar-refractivity contribution in [3.05, 3.63) is 11.4 Å². The molecule has 1 N–H and O–H groups in total. The van der Waals surface area contributed by atoms with Crippen molar-refractivity contribution in [2.24, 2.45) is 0 Å². The van der Waals surface area contributed by atoms with Gasteiger partial charge in [-0.1, -0.05) is 5.21 Å². The first-order chi connectivity index (χ1) is 7.74. The van der Waals surface area contributed by atoms with E-state index in [9.17, 15) is 0 Å². The largest absolute Gasteiger partial charge is 0.381 e. The Labute approximate surface area is 96.2 Å². The summed E-state index contributed by atoms with van der Waals surface area (Å²) in [5.41, 5.74) is 2.31. The molecule has 1 aliphatic heterocycles. The van der Waals surface area contributed by atoms with E-state index in [1.54, 1.807) is 0 Å². The molecule has 0 saturated carbocycles. The number of rotatable bonds is 4. The Hall–Kier alpha value is -0.940. The summed E-state index contributed by atoms with van der Waals surface area (Å²) in [5, 5.41) is 11.7. The van der Waals surface area contributed by atoms with E-state index in [1.165, 1.54) is 5.69 Å². The minimum atomic E-state index is 0.355. The number of nitrogens with one attached hydrogen (secondary N) is 1. The second kappa shape index (κ2) is 4.93. The summed E-state index contributed by atoms with van der Waals surface area (Å²) in [7, 11) is 1.93. The smallest absolute Gasteiger partial charge is 0.100 e. The Kier molecular flexibility index (Phi) is 3.56. The molecule has 0 radical (unpaired) electrons. The van der Waals surface area contributed by atoms with Crippen molar-refractivity contribution >= 4 is 0 Å². The molecule has 2 heterocycles. The summed E-state index contributed by atoms with van der Waals surface area (Å²) in [6.07, 6.45) is 1.08. The van der Waals surface area contributed by atoms with Crippen LogP contribution in [0.3, 0.4) is 0 Å². The van der Waals surface area contributed by atoms with E-state index >= 15 is 0 Å². The summed E-state index contributed by atoms with van der Waals surface area (Å²) in [6.45, 7) is 6.70. The first kappa shape index (κ1) is 11.5. The van der Waals surface area contributed by atoms with E-state index in [0.29, 0.717) is 12.0 Å². The Morgan fingerprint density at radius 3 is 2.94 bits per heavy atom. The number of hydrogen-bond donors (Lipinski definition) is 1. The van der Waals surface area contributed by atoms with Crippen molar-refractivity contribution in [1.29, 1.82) is 0 Å². The summed E-state index contributed by atoms with van der Waals surface area (Å²) >= 11 is 0. The molecule has 1 aliphatic rings. The molecule has 0 aliphatic carbocycles. The average molecular weight is 224 g/mol. The van der Waals surface area contributed by atoms with Crippen LogP contribution >= 0.6 is 0 Å². The SMILES string of the molecule is CNCc1nnn(C(C)C)c1C1CCOC1. The first-order valence-electron chi connectivity index (χ1n) is 5.90. The van der Waals surface area contributed by atoms with Crippen molar-refractivity contribution in [2.75, 3.05) is 20.3 Å². The van der Waals surface area contributed by atoms with E-state index in [0.717, 1.165) is 31.9 Å². The molecule has 1 aromatic rings. The van der Waals surface area contributed by atoms with Crippen molar-refractivity contribution in [3.8, 4) is 0 Å². The van der Waals surface area contributed by atoms with Gasteiger partial charge in [0.1, 0.15) is 5.69 Å². The normalized spacial score (nSPS) is 20.9. The molecule has 2 rings (SSSR count). The second-order valence-electron chi connectivity index (χ2n) is 4.55. The number of nitrogens with zero attached hydrogens (tertiary/aromatic N) is 3. The second-order valence-corrected chi connectivity index (χ2v) is 4.55. The van der Waals surface area contributed by atoms with Crippen LogP contribution in [-0.4, -0.2) is 35.3 Å². The third-order valence-corrected chi connectivity index (χ3v) is 2.95. The maximum atomic E-state index is 5.46. The Morgan fingerprint density at radius 1 is 1.56 bits per heavy atom. The van der Waals surface area contributed by atoms with Crippen LogP contribution < -0.4 is 5.32 Å². The van der Waals surface area contributed by atoms with Crippen LogP contribution in [0.2, 0.25) is 0 Å². The molecule has 90 valence electrons. The fourth-order valence-electron chi connectivity index (χ4n) is 2.18. The molecule has 1 unspecified atom stereocenters. The highest BCUT2D eigenvalue weighted by molar-refractivity contribution is 5.17. The van der Waals surface area contributed by atoms with Gasteiger partial charge in [-0.3, -0.25) is 0 Å². The molecule has 5 nitrogen and oxygen atoms in total. The van der Waals surface area contributed by atoms with Crippen LogP contribution in [0.1, 0.15) is 43.6 Å². The van der Waals surface area contributed by atoms with Gasteiger partial charge in [-0.15, -0.1) is 5.10 Å². The molecular weight excluding hydrogens is 204 g/mol. The van der Waals surface area contributed by atoms with Crippen LogP contribution in [0.5, 0.6) is 0 Å². The maximum absolute atomic E-state index is 5.46. The van der Waals surface area contributed by atoms with Crippen molar-refractivity contribution in [1.82, 2.24) is 20.3 Å². The molecular formula is C11H20N4O. The molecule has 0 aromatic carbocycles. The van der Waals surface area contributed by atoms with Gasteiger partial charge in [-0.05, 0) is 27.3 Å². The van der Waals surface area contributed by atoms with Crippen molar-refractivity contribution in [2.45, 2.75) is 38.8 Å². The van der Waals surface area contributed by atoms with Gasteiger partial charge >= 0.3 is 0 Å². The van der Waals surface area contributed by atoms with Crippen molar-refractivity contribution < 1.29 is 4.74 Å². The lowest BCUT2D eigenvalue weighted by atomic mass is 10.0. The highest BCUT2D eigenvalue weighted by atomic mass is 16.5. The third kappa shape index (κ3) is 2.10. The predicted octanol–water partition coefficient (Wildman–Crippen LogP) is 1.08. The van der Waals surface area contributed by atoms with Gasteiger partial charge in [-0.25, -0.2) is 4.68 Å². The van der Waals surface area contributed by atoms with Crippen molar-refractivity contribution in [3.63, 3.8) is 0 Å². The van der Waals surface area contributed by atoms with E-state index in [4.69, 9.17) is 4.74 Å². The average Bonchev–Trinajstić information content (AvgIpc) is 2.84. The van der Waals surface area contributed by atoms with Gasteiger partial charge in [0.05, 0.1) is 12.3 Å². The van der Waals surface area contributed by atoms with E-state index < -0.39 is 0 Å². The minimum Gasteiger partial charge on any atom is -0.381 e. The van der Waals surface area contributed by atoms with Crippen LogP contribution in [0.4, 0.5) is 0 Å². The zero-order valence-electron chi connectivity index (χ0n) is 10.2. The van der Waals surface area contributed by atoms with Gasteiger partial charge in [-0.2, -0.15) is 0 Å². The van der Waals surface area contributed by atoms with Gasteiger partial charge < -0.3 is 10.1 Å². The maximum Gasteiger partial charge on any atom is 0.100 e. The van der Waals surface area contributed by atoms with Crippen LogP contribution in [0.25, 0.3) is 0 Å². The monoisotopic (exact) mass is 224 g/mol. The molecule has 0 amide bonds. The Bertz CT molecular complexity index is 342. The molecule has 1 saturated heterocycles. The molecule has 0 spiro atoms. The van der Waals surface area contributed by atoms with Gasteiger partial charge in [0.25, 0.3) is 0 Å². The number of ether oxygens (including phenoxy) is 1. The van der Waals surface area contributed by atoms with E-state index in [-0.39, 0.29) is 0 Å². The minimum absolute atomic E-state index is 0.355. The third-order valence-electron chi connectivity index (χ3n) is 2.95. The molecule has 1 aromatic heterocycles. The number of aromatic nitrogens is 3. The molecule has 1 fully saturated rings. The molecule has 5 heteroatoms. The van der Waals surface area contributed by atoms with Gasteiger partial charge in [0.15, 0.2) is 0 Å². The first-order valence-corrected chi connectivity index (χ1v) is 5.90.